The highest BCUT2D eigenvalue weighted by Crippen LogP contribution is 2.38. The smallest absolute Gasteiger partial charge is 0.260 e. The molecule has 1 N–H and O–H groups in total. The van der Waals surface area contributed by atoms with Gasteiger partial charge < -0.3 is 5.32 Å². The summed E-state index contributed by atoms with van der Waals surface area (Å²) >= 11 is 9.37. The van der Waals surface area contributed by atoms with E-state index in [0.717, 1.165) is 15.7 Å². The number of fused-ring (bicyclic) bond motifs is 1. The minimum Gasteiger partial charge on any atom is -0.346 e. The van der Waals surface area contributed by atoms with E-state index < -0.39 is 0 Å². The second-order valence-corrected chi connectivity index (χ2v) is 7.00. The number of benzene rings is 2. The van der Waals surface area contributed by atoms with Crippen molar-refractivity contribution in [1.29, 1.82) is 0 Å². The first-order valence-electron chi connectivity index (χ1n) is 7.69. The molecule has 1 atom stereocenters. The Kier molecular flexibility index (Phi) is 4.19. The molecule has 1 aromatic heterocycles. The zero-order valence-electron chi connectivity index (χ0n) is 13.0. The maximum absolute atomic E-state index is 13.0. The van der Waals surface area contributed by atoms with Crippen LogP contribution < -0.4 is 10.2 Å². The summed E-state index contributed by atoms with van der Waals surface area (Å²) in [7, 11) is 0. The van der Waals surface area contributed by atoms with Crippen LogP contribution in [-0.2, 0) is 0 Å². The van der Waals surface area contributed by atoms with Gasteiger partial charge in [-0.15, -0.1) is 0 Å². The van der Waals surface area contributed by atoms with Crippen LogP contribution in [0.5, 0.6) is 0 Å². The molecule has 0 aliphatic carbocycles. The Labute approximate surface area is 158 Å². The molecule has 0 saturated carbocycles. The van der Waals surface area contributed by atoms with Gasteiger partial charge in [0.05, 0.1) is 0 Å². The number of halogens is 2. The molecule has 2 aromatic carbocycles. The normalized spacial score (nSPS) is 16.0. The fraction of sp³-hybridized carbons (Fsp3) is 0.0526. The van der Waals surface area contributed by atoms with Gasteiger partial charge in [0.25, 0.3) is 5.91 Å². The van der Waals surface area contributed by atoms with Gasteiger partial charge in [0.1, 0.15) is 12.0 Å². The predicted molar refractivity (Wildman–Crippen MR) is 103 cm³/mol. The van der Waals surface area contributed by atoms with Crippen molar-refractivity contribution in [2.24, 2.45) is 0 Å². The molecule has 1 unspecified atom stereocenters. The Bertz CT molecular complexity index is 928. The van der Waals surface area contributed by atoms with Gasteiger partial charge in [0.15, 0.2) is 0 Å². The standard InChI is InChI=1S/C19H13BrClN3O/c20-12-5-10-17(22-11-12)23-18-15-3-1-2-4-16(15)19(25)24(18)14-8-6-13(21)7-9-14/h1-11,18H,(H,22,23). The van der Waals surface area contributed by atoms with E-state index in [9.17, 15) is 4.79 Å². The van der Waals surface area contributed by atoms with Crippen molar-refractivity contribution < 1.29 is 4.79 Å². The number of carbonyl (C=O) groups is 1. The molecule has 0 fully saturated rings. The Morgan fingerprint density at radius 1 is 1.04 bits per heavy atom. The molecule has 2 heterocycles. The predicted octanol–water partition coefficient (Wildman–Crippen LogP) is 5.27. The SMILES string of the molecule is O=C1c2ccccc2C(Nc2ccc(Br)cn2)N1c1ccc(Cl)cc1. The van der Waals surface area contributed by atoms with Crippen molar-refractivity contribution in [3.05, 3.63) is 87.5 Å². The molecule has 6 heteroatoms. The number of aromatic nitrogens is 1. The third kappa shape index (κ3) is 3.01. The van der Waals surface area contributed by atoms with Crippen LogP contribution in [-0.4, -0.2) is 10.9 Å². The molecule has 4 nitrogen and oxygen atoms in total. The Balaban J connectivity index is 1.77. The monoisotopic (exact) mass is 413 g/mol. The number of hydrogen-bond donors (Lipinski definition) is 1. The van der Waals surface area contributed by atoms with E-state index in [0.29, 0.717) is 16.4 Å². The van der Waals surface area contributed by atoms with Gasteiger partial charge in [-0.25, -0.2) is 4.98 Å². The maximum atomic E-state index is 13.0. The average molecular weight is 415 g/mol. The zero-order valence-corrected chi connectivity index (χ0v) is 15.3. The molecule has 1 aliphatic rings. The van der Waals surface area contributed by atoms with Crippen molar-refractivity contribution in [1.82, 2.24) is 4.98 Å². The van der Waals surface area contributed by atoms with Crippen LogP contribution in [0.4, 0.5) is 11.5 Å². The lowest BCUT2D eigenvalue weighted by atomic mass is 10.1. The minimum atomic E-state index is -0.335. The number of nitrogens with zero attached hydrogens (tertiary/aromatic N) is 2. The van der Waals surface area contributed by atoms with Gasteiger partial charge in [-0.3, -0.25) is 9.69 Å². The first-order valence-corrected chi connectivity index (χ1v) is 8.87. The van der Waals surface area contributed by atoms with Crippen LogP contribution >= 0.6 is 27.5 Å². The second-order valence-electron chi connectivity index (χ2n) is 5.65. The van der Waals surface area contributed by atoms with Crippen LogP contribution in [0.25, 0.3) is 0 Å². The summed E-state index contributed by atoms with van der Waals surface area (Å²) in [5, 5.41) is 3.99. The summed E-state index contributed by atoms with van der Waals surface area (Å²) in [5.41, 5.74) is 2.39. The first-order chi connectivity index (χ1) is 12.1. The van der Waals surface area contributed by atoms with Gasteiger partial charge in [-0.05, 0) is 58.4 Å². The van der Waals surface area contributed by atoms with Crippen LogP contribution in [0.3, 0.4) is 0 Å². The summed E-state index contributed by atoms with van der Waals surface area (Å²) in [6.45, 7) is 0. The van der Waals surface area contributed by atoms with Crippen molar-refractivity contribution in [3.63, 3.8) is 0 Å². The van der Waals surface area contributed by atoms with E-state index in [1.807, 2.05) is 48.5 Å². The third-order valence-electron chi connectivity index (χ3n) is 4.08. The van der Waals surface area contributed by atoms with E-state index >= 15 is 0 Å². The number of nitrogens with one attached hydrogen (secondary N) is 1. The summed E-state index contributed by atoms with van der Waals surface area (Å²) in [4.78, 5) is 19.1. The summed E-state index contributed by atoms with van der Waals surface area (Å²) < 4.78 is 0.899. The van der Waals surface area contributed by atoms with E-state index in [2.05, 4.69) is 26.2 Å². The molecule has 1 amide bonds. The molecule has 25 heavy (non-hydrogen) atoms. The molecule has 124 valence electrons. The lowest BCUT2D eigenvalue weighted by molar-refractivity contribution is 0.0993. The lowest BCUT2D eigenvalue weighted by Gasteiger charge is -2.26. The lowest BCUT2D eigenvalue weighted by Crippen LogP contribution is -2.32. The van der Waals surface area contributed by atoms with Crippen molar-refractivity contribution >= 4 is 44.9 Å². The molecule has 0 spiro atoms. The number of hydrogen-bond acceptors (Lipinski definition) is 3. The molecular weight excluding hydrogens is 402 g/mol. The molecule has 0 radical (unpaired) electrons. The topological polar surface area (TPSA) is 45.2 Å². The van der Waals surface area contributed by atoms with E-state index in [1.165, 1.54) is 0 Å². The minimum absolute atomic E-state index is 0.0486. The number of carbonyl (C=O) groups excluding carboxylic acids is 1. The van der Waals surface area contributed by atoms with Gasteiger partial charge in [0.2, 0.25) is 0 Å². The largest absolute Gasteiger partial charge is 0.346 e. The number of anilines is 2. The number of rotatable bonds is 3. The maximum Gasteiger partial charge on any atom is 0.260 e. The summed E-state index contributed by atoms with van der Waals surface area (Å²) in [5.74, 6) is 0.643. The number of pyridine rings is 1. The van der Waals surface area contributed by atoms with Crippen molar-refractivity contribution in [2.45, 2.75) is 6.17 Å². The van der Waals surface area contributed by atoms with Gasteiger partial charge in [-0.1, -0.05) is 29.8 Å². The fourth-order valence-corrected chi connectivity index (χ4v) is 3.29. The Morgan fingerprint density at radius 2 is 1.80 bits per heavy atom. The highest BCUT2D eigenvalue weighted by Gasteiger charge is 2.37. The van der Waals surface area contributed by atoms with E-state index in [4.69, 9.17) is 11.6 Å². The van der Waals surface area contributed by atoms with Crippen LogP contribution in [0.2, 0.25) is 5.02 Å². The fourth-order valence-electron chi connectivity index (χ4n) is 2.93. The van der Waals surface area contributed by atoms with E-state index in [-0.39, 0.29) is 12.1 Å². The molecular formula is C19H13BrClN3O. The summed E-state index contributed by atoms with van der Waals surface area (Å²) in [6.07, 6.45) is 1.39. The Morgan fingerprint density at radius 3 is 2.52 bits per heavy atom. The highest BCUT2D eigenvalue weighted by atomic mass is 79.9. The molecule has 0 bridgehead atoms. The molecule has 1 aliphatic heterocycles. The molecule has 0 saturated heterocycles. The van der Waals surface area contributed by atoms with Crippen LogP contribution in [0.15, 0.2) is 71.3 Å². The first kappa shape index (κ1) is 16.1. The molecule has 3 aromatic rings. The van der Waals surface area contributed by atoms with E-state index in [1.54, 1.807) is 23.2 Å². The van der Waals surface area contributed by atoms with Crippen molar-refractivity contribution in [3.8, 4) is 0 Å². The zero-order chi connectivity index (χ0) is 17.4. The van der Waals surface area contributed by atoms with Crippen LogP contribution in [0.1, 0.15) is 22.1 Å². The van der Waals surface area contributed by atoms with Gasteiger partial charge in [-0.2, -0.15) is 0 Å². The summed E-state index contributed by atoms with van der Waals surface area (Å²) in [6, 6.07) is 18.6. The van der Waals surface area contributed by atoms with Crippen LogP contribution in [0, 0.1) is 0 Å². The third-order valence-corrected chi connectivity index (χ3v) is 4.80. The van der Waals surface area contributed by atoms with Gasteiger partial charge in [0, 0.05) is 32.5 Å². The van der Waals surface area contributed by atoms with Gasteiger partial charge >= 0.3 is 0 Å². The van der Waals surface area contributed by atoms with Crippen molar-refractivity contribution in [2.75, 3.05) is 10.2 Å². The number of amides is 1. The Hall–Kier alpha value is -2.37. The second kappa shape index (κ2) is 6.50. The average Bonchev–Trinajstić information content (AvgIpc) is 2.90. The highest BCUT2D eigenvalue weighted by molar-refractivity contribution is 9.10. The quantitative estimate of drug-likeness (QED) is 0.635. The molecule has 4 rings (SSSR count).